The van der Waals surface area contributed by atoms with Crippen molar-refractivity contribution in [2.24, 2.45) is 0 Å². The molecular formula is C6H9F6N2+. The minimum absolute atomic E-state index is 0.274. The van der Waals surface area contributed by atoms with Crippen molar-refractivity contribution in [3.8, 4) is 0 Å². The van der Waals surface area contributed by atoms with Crippen LogP contribution in [0, 0.1) is 0 Å². The van der Waals surface area contributed by atoms with E-state index in [1.165, 1.54) is 0 Å². The third kappa shape index (κ3) is 1.07. The maximum atomic E-state index is 12.9. The summed E-state index contributed by atoms with van der Waals surface area (Å²) < 4.78 is 76.9. The molecule has 1 N–H and O–H groups in total. The van der Waals surface area contributed by atoms with Crippen LogP contribution in [0.4, 0.5) is 26.3 Å². The number of alkyl halides is 6. The van der Waals surface area contributed by atoms with E-state index in [9.17, 15) is 26.3 Å². The maximum absolute atomic E-state index is 12.9. The molecule has 1 rings (SSSR count). The highest BCUT2D eigenvalue weighted by molar-refractivity contribution is 4.83. The Kier molecular flexibility index (Phi) is 2.28. The second kappa shape index (κ2) is 2.75. The Labute approximate surface area is 76.1 Å². The summed E-state index contributed by atoms with van der Waals surface area (Å²) in [6, 6.07) is -9.61. The topological polar surface area (TPSA) is 7.68 Å². The van der Waals surface area contributed by atoms with Crippen molar-refractivity contribution in [1.82, 2.24) is 4.90 Å². The molecule has 1 atom stereocenters. The van der Waals surface area contributed by atoms with E-state index in [0.717, 1.165) is 6.92 Å². The molecule has 0 aromatic rings. The second-order valence-corrected chi connectivity index (χ2v) is 3.05. The summed E-state index contributed by atoms with van der Waals surface area (Å²) in [5, 5.41) is 0. The SMILES string of the molecule is CC[NH+]1C(F)(F)N(C)C(F)(F)C1(F)F. The third-order valence-electron chi connectivity index (χ3n) is 2.32. The average Bonchev–Trinajstić information content (AvgIpc) is 2.09. The number of nitrogens with one attached hydrogen (secondary N) is 1. The van der Waals surface area contributed by atoms with Crippen molar-refractivity contribution >= 4 is 0 Å². The summed E-state index contributed by atoms with van der Waals surface area (Å²) in [6.45, 7) is 0.201. The van der Waals surface area contributed by atoms with E-state index in [0.29, 0.717) is 0 Å². The van der Waals surface area contributed by atoms with E-state index in [1.54, 1.807) is 0 Å². The zero-order chi connectivity index (χ0) is 11.4. The van der Waals surface area contributed by atoms with Gasteiger partial charge in [-0.1, -0.05) is 0 Å². The monoisotopic (exact) mass is 223 g/mol. The molecular weight excluding hydrogens is 214 g/mol. The van der Waals surface area contributed by atoms with Gasteiger partial charge >= 0.3 is 18.3 Å². The third-order valence-corrected chi connectivity index (χ3v) is 2.32. The lowest BCUT2D eigenvalue weighted by Crippen LogP contribution is -3.23. The lowest BCUT2D eigenvalue weighted by molar-refractivity contribution is -1.05. The second-order valence-electron chi connectivity index (χ2n) is 3.05. The smallest absolute Gasteiger partial charge is 0.192 e. The maximum Gasteiger partial charge on any atom is 0.475 e. The molecule has 0 radical (unpaired) electrons. The Hall–Kier alpha value is -0.500. The summed E-state index contributed by atoms with van der Waals surface area (Å²) in [5.41, 5.74) is 0. The fourth-order valence-electron chi connectivity index (χ4n) is 1.39. The van der Waals surface area contributed by atoms with Gasteiger partial charge in [-0.05, 0) is 6.92 Å². The van der Waals surface area contributed by atoms with Crippen LogP contribution in [-0.4, -0.2) is 36.8 Å². The molecule has 0 bridgehead atoms. The molecule has 0 aliphatic carbocycles. The van der Waals surface area contributed by atoms with Crippen molar-refractivity contribution in [3.05, 3.63) is 0 Å². The zero-order valence-electron chi connectivity index (χ0n) is 7.42. The van der Waals surface area contributed by atoms with E-state index in [1.807, 2.05) is 0 Å². The molecule has 0 aromatic heterocycles. The van der Waals surface area contributed by atoms with Crippen molar-refractivity contribution in [1.29, 1.82) is 0 Å². The van der Waals surface area contributed by atoms with Gasteiger partial charge in [0.2, 0.25) is 0 Å². The van der Waals surface area contributed by atoms with E-state index >= 15 is 0 Å². The molecule has 84 valence electrons. The molecule has 0 amide bonds. The van der Waals surface area contributed by atoms with Crippen LogP contribution >= 0.6 is 0 Å². The van der Waals surface area contributed by atoms with Crippen molar-refractivity contribution in [3.63, 3.8) is 0 Å². The highest BCUT2D eigenvalue weighted by atomic mass is 19.3. The van der Waals surface area contributed by atoms with Crippen LogP contribution in [0.15, 0.2) is 0 Å². The van der Waals surface area contributed by atoms with Crippen LogP contribution in [0.25, 0.3) is 0 Å². The zero-order valence-corrected chi connectivity index (χ0v) is 7.42. The molecule has 1 saturated heterocycles. The molecule has 2 nitrogen and oxygen atoms in total. The van der Waals surface area contributed by atoms with Crippen LogP contribution in [0.5, 0.6) is 0 Å². The lowest BCUT2D eigenvalue weighted by Gasteiger charge is -2.21. The molecule has 0 spiro atoms. The van der Waals surface area contributed by atoms with Gasteiger partial charge in [0, 0.05) is 7.05 Å². The van der Waals surface area contributed by atoms with E-state index in [-0.39, 0.29) is 7.05 Å². The number of rotatable bonds is 1. The van der Waals surface area contributed by atoms with Crippen LogP contribution < -0.4 is 4.90 Å². The van der Waals surface area contributed by atoms with Gasteiger partial charge < -0.3 is 0 Å². The van der Waals surface area contributed by atoms with E-state index < -0.39 is 34.6 Å². The van der Waals surface area contributed by atoms with Crippen molar-refractivity contribution < 1.29 is 31.2 Å². The molecule has 0 aromatic carbocycles. The van der Waals surface area contributed by atoms with Gasteiger partial charge in [0.05, 0.1) is 6.54 Å². The van der Waals surface area contributed by atoms with Crippen LogP contribution in [0.2, 0.25) is 0 Å². The Morgan fingerprint density at radius 3 is 1.64 bits per heavy atom. The van der Waals surface area contributed by atoms with Crippen molar-refractivity contribution in [2.75, 3.05) is 13.6 Å². The summed E-state index contributed by atoms with van der Waals surface area (Å²) >= 11 is 0. The van der Waals surface area contributed by atoms with Crippen molar-refractivity contribution in [2.45, 2.75) is 25.2 Å². The Morgan fingerprint density at radius 1 is 1.07 bits per heavy atom. The normalized spacial score (nSPS) is 34.7. The fraction of sp³-hybridized carbons (Fsp3) is 1.00. The first-order valence-corrected chi connectivity index (χ1v) is 3.84. The molecule has 8 heteroatoms. The van der Waals surface area contributed by atoms with Crippen LogP contribution in [0.3, 0.4) is 0 Å². The summed E-state index contributed by atoms with van der Waals surface area (Å²) in [7, 11) is 0.274. The number of hydrogen-bond donors (Lipinski definition) is 1. The predicted octanol–water partition coefficient (Wildman–Crippen LogP) is 0.573. The van der Waals surface area contributed by atoms with Gasteiger partial charge in [0.1, 0.15) is 0 Å². The van der Waals surface area contributed by atoms with Gasteiger partial charge in [0.25, 0.3) is 0 Å². The molecule has 1 aliphatic rings. The summed E-state index contributed by atoms with van der Waals surface area (Å²) in [4.78, 5) is -2.63. The highest BCUT2D eigenvalue weighted by Crippen LogP contribution is 2.41. The molecule has 1 unspecified atom stereocenters. The summed E-state index contributed by atoms with van der Waals surface area (Å²) in [5.74, 6) is 0. The minimum atomic E-state index is -4.83. The Morgan fingerprint density at radius 2 is 1.50 bits per heavy atom. The largest absolute Gasteiger partial charge is 0.475 e. The fourth-order valence-corrected chi connectivity index (χ4v) is 1.39. The van der Waals surface area contributed by atoms with Gasteiger partial charge in [0.15, 0.2) is 0 Å². The number of likely N-dealkylation sites (N-methyl/N-ethyl adjacent to an activating group) is 2. The predicted molar refractivity (Wildman–Crippen MR) is 34.1 cm³/mol. The first-order chi connectivity index (χ1) is 6.10. The van der Waals surface area contributed by atoms with Gasteiger partial charge in [-0.2, -0.15) is 13.7 Å². The minimum Gasteiger partial charge on any atom is -0.192 e. The van der Waals surface area contributed by atoms with Crippen LogP contribution in [-0.2, 0) is 0 Å². The van der Waals surface area contributed by atoms with E-state index in [2.05, 4.69) is 0 Å². The number of nitrogens with zero attached hydrogens (tertiary/aromatic N) is 1. The highest BCUT2D eigenvalue weighted by Gasteiger charge is 2.84. The number of quaternary nitrogens is 1. The van der Waals surface area contributed by atoms with Crippen LogP contribution in [0.1, 0.15) is 6.92 Å². The summed E-state index contributed by atoms with van der Waals surface area (Å²) in [6.07, 6.45) is -4.26. The van der Waals surface area contributed by atoms with Gasteiger partial charge in [-0.3, -0.25) is 0 Å². The average molecular weight is 223 g/mol. The van der Waals surface area contributed by atoms with E-state index in [4.69, 9.17) is 0 Å². The quantitative estimate of drug-likeness (QED) is 0.504. The molecule has 1 heterocycles. The standard InChI is InChI=1S/C6H8F6N2/c1-3-14-5(9,10)4(7,8)13(2)6(14,11)12/h3H2,1-2H3/p+1. The Bertz CT molecular complexity index is 240. The number of halogens is 6. The Balaban J connectivity index is 3.22. The lowest BCUT2D eigenvalue weighted by atomic mass is 10.4. The molecule has 1 fully saturated rings. The molecule has 14 heavy (non-hydrogen) atoms. The molecule has 0 saturated carbocycles. The van der Waals surface area contributed by atoms with Gasteiger partial charge in [-0.25, -0.2) is 0 Å². The first kappa shape index (κ1) is 11.6. The first-order valence-electron chi connectivity index (χ1n) is 3.84. The van der Waals surface area contributed by atoms with Gasteiger partial charge in [-0.15, -0.1) is 22.5 Å². The molecule has 1 aliphatic heterocycles. The number of hydrogen-bond acceptors (Lipinski definition) is 1.